The molecule has 2 atom stereocenters. The highest BCUT2D eigenvalue weighted by Crippen LogP contribution is 2.64. The third-order valence-electron chi connectivity index (χ3n) is 4.98. The van der Waals surface area contributed by atoms with E-state index in [0.717, 1.165) is 24.9 Å². The summed E-state index contributed by atoms with van der Waals surface area (Å²) < 4.78 is 5.52. The zero-order valence-corrected chi connectivity index (χ0v) is 12.6. The molecule has 20 heavy (non-hydrogen) atoms. The Kier molecular flexibility index (Phi) is 3.03. The van der Waals surface area contributed by atoms with Crippen LogP contribution in [0.25, 0.3) is 0 Å². The number of carbonyl (C=O) groups excluding carboxylic acids is 1. The van der Waals surface area contributed by atoms with E-state index >= 15 is 0 Å². The van der Waals surface area contributed by atoms with Crippen molar-refractivity contribution in [2.24, 2.45) is 11.3 Å². The molecular weight excluding hydrogens is 250 g/mol. The number of fused-ring (bicyclic) bond motifs is 1. The molecule has 0 radical (unpaired) electrons. The van der Waals surface area contributed by atoms with Crippen LogP contribution in [0.4, 0.5) is 4.79 Å². The van der Waals surface area contributed by atoms with E-state index in [1.807, 2.05) is 35.2 Å². The molecule has 1 saturated carbocycles. The van der Waals surface area contributed by atoms with Crippen molar-refractivity contribution in [1.29, 1.82) is 0 Å². The molecule has 1 heterocycles. The molecule has 2 unspecified atom stereocenters. The number of amides is 1. The topological polar surface area (TPSA) is 29.5 Å². The normalized spacial score (nSPS) is 28.1. The largest absolute Gasteiger partial charge is 0.445 e. The first kappa shape index (κ1) is 13.5. The van der Waals surface area contributed by atoms with Crippen molar-refractivity contribution in [1.82, 2.24) is 4.90 Å². The van der Waals surface area contributed by atoms with Crippen molar-refractivity contribution in [3.63, 3.8) is 0 Å². The summed E-state index contributed by atoms with van der Waals surface area (Å²) in [6.07, 6.45) is 2.11. The van der Waals surface area contributed by atoms with Crippen molar-refractivity contribution in [3.8, 4) is 0 Å². The first-order valence-electron chi connectivity index (χ1n) is 7.43. The van der Waals surface area contributed by atoms with Crippen LogP contribution in [0.2, 0.25) is 0 Å². The van der Waals surface area contributed by atoms with Crippen LogP contribution in [0.5, 0.6) is 0 Å². The van der Waals surface area contributed by atoms with Crippen molar-refractivity contribution in [2.45, 2.75) is 45.8 Å². The van der Waals surface area contributed by atoms with Crippen LogP contribution < -0.4 is 0 Å². The molecule has 3 heteroatoms. The third kappa shape index (κ3) is 2.00. The Hall–Kier alpha value is -1.51. The van der Waals surface area contributed by atoms with E-state index in [4.69, 9.17) is 4.74 Å². The average Bonchev–Trinajstić information content (AvgIpc) is 3.04. The molecule has 3 nitrogen and oxygen atoms in total. The SMILES string of the molecule is CC(C)(C)C12CC1CCN2C(=O)OCc1ccccc1. The molecule has 0 bridgehead atoms. The van der Waals surface area contributed by atoms with Gasteiger partial charge in [0.2, 0.25) is 0 Å². The minimum atomic E-state index is -0.149. The van der Waals surface area contributed by atoms with Crippen LogP contribution in [0.3, 0.4) is 0 Å². The lowest BCUT2D eigenvalue weighted by atomic mass is 9.82. The Labute approximate surface area is 120 Å². The van der Waals surface area contributed by atoms with Gasteiger partial charge in [0.15, 0.2) is 0 Å². The summed E-state index contributed by atoms with van der Waals surface area (Å²) in [7, 11) is 0. The minimum absolute atomic E-state index is 0.0424. The molecular formula is C17H23NO2. The van der Waals surface area contributed by atoms with Gasteiger partial charge in [-0.3, -0.25) is 0 Å². The van der Waals surface area contributed by atoms with Crippen molar-refractivity contribution < 1.29 is 9.53 Å². The smallest absolute Gasteiger partial charge is 0.410 e. The quantitative estimate of drug-likeness (QED) is 0.819. The fraction of sp³-hybridized carbons (Fsp3) is 0.588. The molecule has 1 amide bonds. The van der Waals surface area contributed by atoms with Crippen molar-refractivity contribution >= 4 is 6.09 Å². The van der Waals surface area contributed by atoms with Crippen LogP contribution >= 0.6 is 0 Å². The van der Waals surface area contributed by atoms with E-state index in [2.05, 4.69) is 20.8 Å². The summed E-state index contributed by atoms with van der Waals surface area (Å²) in [6, 6.07) is 9.86. The number of ether oxygens (including phenoxy) is 1. The molecule has 2 fully saturated rings. The zero-order chi connectivity index (χ0) is 14.4. The summed E-state index contributed by atoms with van der Waals surface area (Å²) in [5, 5.41) is 0. The first-order chi connectivity index (χ1) is 9.45. The van der Waals surface area contributed by atoms with Gasteiger partial charge < -0.3 is 9.64 Å². The number of hydrogen-bond acceptors (Lipinski definition) is 2. The predicted octanol–water partition coefficient (Wildman–Crippen LogP) is 3.83. The van der Waals surface area contributed by atoms with Crippen LogP contribution in [-0.4, -0.2) is 23.1 Å². The van der Waals surface area contributed by atoms with Gasteiger partial charge in [-0.1, -0.05) is 51.1 Å². The minimum Gasteiger partial charge on any atom is -0.445 e. The number of benzene rings is 1. The van der Waals surface area contributed by atoms with Gasteiger partial charge in [-0.2, -0.15) is 0 Å². The van der Waals surface area contributed by atoms with Crippen LogP contribution in [0.15, 0.2) is 30.3 Å². The van der Waals surface area contributed by atoms with Crippen LogP contribution in [-0.2, 0) is 11.3 Å². The fourth-order valence-electron chi connectivity index (χ4n) is 3.85. The van der Waals surface area contributed by atoms with Crippen molar-refractivity contribution in [2.75, 3.05) is 6.54 Å². The Balaban J connectivity index is 1.66. The number of piperidine rings is 1. The van der Waals surface area contributed by atoms with Crippen LogP contribution in [0.1, 0.15) is 39.2 Å². The van der Waals surface area contributed by atoms with E-state index in [1.165, 1.54) is 0 Å². The summed E-state index contributed by atoms with van der Waals surface area (Å²) in [5.41, 5.74) is 1.21. The van der Waals surface area contributed by atoms with Gasteiger partial charge in [-0.05, 0) is 29.7 Å². The second-order valence-electron chi connectivity index (χ2n) is 7.06. The average molecular weight is 273 g/mol. The Morgan fingerprint density at radius 2 is 2.05 bits per heavy atom. The molecule has 2 aliphatic rings. The highest BCUT2D eigenvalue weighted by Gasteiger charge is 2.69. The summed E-state index contributed by atoms with van der Waals surface area (Å²) >= 11 is 0. The predicted molar refractivity (Wildman–Crippen MR) is 78.2 cm³/mol. The van der Waals surface area contributed by atoms with E-state index in [1.54, 1.807) is 0 Å². The monoisotopic (exact) mass is 273 g/mol. The highest BCUT2D eigenvalue weighted by molar-refractivity contribution is 5.70. The van der Waals surface area contributed by atoms with Gasteiger partial charge in [0.25, 0.3) is 0 Å². The number of likely N-dealkylation sites (tertiary alicyclic amines) is 1. The molecule has 0 N–H and O–H groups in total. The van der Waals surface area contributed by atoms with Gasteiger partial charge in [-0.15, -0.1) is 0 Å². The summed E-state index contributed by atoms with van der Waals surface area (Å²) in [6.45, 7) is 7.90. The Morgan fingerprint density at radius 3 is 2.65 bits per heavy atom. The van der Waals surface area contributed by atoms with Crippen LogP contribution in [0, 0.1) is 11.3 Å². The molecule has 0 spiro atoms. The third-order valence-corrected chi connectivity index (χ3v) is 4.98. The van der Waals surface area contributed by atoms with E-state index in [-0.39, 0.29) is 17.0 Å². The number of nitrogens with zero attached hydrogens (tertiary/aromatic N) is 1. The highest BCUT2D eigenvalue weighted by atomic mass is 16.6. The maximum atomic E-state index is 12.4. The molecule has 1 aromatic carbocycles. The second kappa shape index (κ2) is 4.51. The van der Waals surface area contributed by atoms with E-state index in [0.29, 0.717) is 12.5 Å². The second-order valence-corrected chi connectivity index (χ2v) is 7.06. The lowest BCUT2D eigenvalue weighted by Gasteiger charge is -2.38. The summed E-state index contributed by atoms with van der Waals surface area (Å²) in [4.78, 5) is 14.4. The molecule has 1 saturated heterocycles. The van der Waals surface area contributed by atoms with Gasteiger partial charge in [0.1, 0.15) is 6.61 Å². The standard InChI is InChI=1S/C17H23NO2/c1-16(2,3)17-11-14(17)9-10-18(17)15(19)20-12-13-7-5-4-6-8-13/h4-8,14H,9-12H2,1-3H3. The van der Waals surface area contributed by atoms with Gasteiger partial charge >= 0.3 is 6.09 Å². The molecule has 1 aromatic rings. The molecule has 0 aromatic heterocycles. The van der Waals surface area contributed by atoms with E-state index < -0.39 is 0 Å². The molecule has 1 aliphatic carbocycles. The maximum Gasteiger partial charge on any atom is 0.410 e. The number of hydrogen-bond donors (Lipinski definition) is 0. The lowest BCUT2D eigenvalue weighted by Crippen LogP contribution is -2.48. The van der Waals surface area contributed by atoms with E-state index in [9.17, 15) is 4.79 Å². The molecule has 1 aliphatic heterocycles. The fourth-order valence-corrected chi connectivity index (χ4v) is 3.85. The zero-order valence-electron chi connectivity index (χ0n) is 12.6. The first-order valence-corrected chi connectivity index (χ1v) is 7.43. The van der Waals surface area contributed by atoms with Gasteiger partial charge in [0, 0.05) is 6.54 Å². The lowest BCUT2D eigenvalue weighted by molar-refractivity contribution is 0.0526. The number of carbonyl (C=O) groups is 1. The van der Waals surface area contributed by atoms with Gasteiger partial charge in [0.05, 0.1) is 5.54 Å². The molecule has 108 valence electrons. The molecule has 3 rings (SSSR count). The van der Waals surface area contributed by atoms with Crippen molar-refractivity contribution in [3.05, 3.63) is 35.9 Å². The Morgan fingerprint density at radius 1 is 1.35 bits per heavy atom. The Bertz CT molecular complexity index is 505. The van der Waals surface area contributed by atoms with Gasteiger partial charge in [-0.25, -0.2) is 4.79 Å². The summed E-state index contributed by atoms with van der Waals surface area (Å²) in [5.74, 6) is 0.673. The maximum absolute atomic E-state index is 12.4. The number of rotatable bonds is 2.